The summed E-state index contributed by atoms with van der Waals surface area (Å²) >= 11 is 6.98. The summed E-state index contributed by atoms with van der Waals surface area (Å²) in [6.45, 7) is 4.11. The third-order valence-corrected chi connectivity index (χ3v) is 4.97. The monoisotopic (exact) mass is 450 g/mol. The Morgan fingerprint density at radius 3 is 2.33 bits per heavy atom. The van der Waals surface area contributed by atoms with Crippen LogP contribution in [0.5, 0.6) is 11.5 Å². The molecule has 0 bridgehead atoms. The topological polar surface area (TPSA) is 24.8 Å². The van der Waals surface area contributed by atoms with Gasteiger partial charge in [0, 0.05) is 22.0 Å². The average Bonchev–Trinajstić information content (AvgIpc) is 3.32. The van der Waals surface area contributed by atoms with Crippen molar-refractivity contribution in [2.45, 2.75) is 32.7 Å². The molecule has 0 atom stereocenters. The molecule has 126 valence electrons. The fourth-order valence-corrected chi connectivity index (χ4v) is 3.72. The molecule has 1 aliphatic carbocycles. The van der Waals surface area contributed by atoms with E-state index in [1.807, 2.05) is 37.5 Å². The van der Waals surface area contributed by atoms with Gasteiger partial charge >= 0.3 is 0 Å². The normalized spacial score (nSPS) is 14.2. The van der Waals surface area contributed by atoms with Crippen molar-refractivity contribution in [3.05, 3.63) is 50.4 Å². The van der Waals surface area contributed by atoms with Gasteiger partial charge in [0.1, 0.15) is 11.5 Å². The number of hydrogen-bond donors (Lipinski definition) is 0. The molecule has 0 radical (unpaired) electrons. The highest BCUT2D eigenvalue weighted by Gasteiger charge is 2.24. The van der Waals surface area contributed by atoms with Crippen molar-refractivity contribution >= 4 is 43.9 Å². The first-order valence-corrected chi connectivity index (χ1v) is 9.52. The SMILES string of the molecule is Cc1cc(Oc2cc(Br)cc(Br)c2)c(C)cc1/N=C/N(C)C1CC1. The Morgan fingerprint density at radius 2 is 1.71 bits per heavy atom. The van der Waals surface area contributed by atoms with Crippen molar-refractivity contribution < 1.29 is 4.74 Å². The highest BCUT2D eigenvalue weighted by Crippen LogP contribution is 2.34. The maximum Gasteiger partial charge on any atom is 0.130 e. The van der Waals surface area contributed by atoms with E-state index < -0.39 is 0 Å². The molecule has 0 spiro atoms. The maximum atomic E-state index is 6.06. The molecule has 0 amide bonds. The van der Waals surface area contributed by atoms with E-state index in [-0.39, 0.29) is 0 Å². The molecule has 0 heterocycles. The predicted octanol–water partition coefficient (Wildman–Crippen LogP) is 6.37. The molecule has 5 heteroatoms. The van der Waals surface area contributed by atoms with Crippen LogP contribution in [-0.4, -0.2) is 24.3 Å². The molecule has 2 aromatic rings. The number of rotatable bonds is 5. The van der Waals surface area contributed by atoms with Crippen LogP contribution in [0.4, 0.5) is 5.69 Å². The van der Waals surface area contributed by atoms with Crippen molar-refractivity contribution in [1.82, 2.24) is 4.90 Å². The summed E-state index contributed by atoms with van der Waals surface area (Å²) < 4.78 is 8.01. The standard InChI is InChI=1S/C19H20Br2N2O/c1-12-7-19(24-17-9-14(20)8-15(21)10-17)13(2)6-18(12)22-11-23(3)16-4-5-16/h6-11,16H,4-5H2,1-3H3/b22-11+. The Balaban J connectivity index is 1.81. The van der Waals surface area contributed by atoms with Gasteiger partial charge in [0.15, 0.2) is 0 Å². The number of halogens is 2. The molecule has 0 aromatic heterocycles. The summed E-state index contributed by atoms with van der Waals surface area (Å²) in [6.07, 6.45) is 4.48. The molecule has 24 heavy (non-hydrogen) atoms. The Bertz CT molecular complexity index is 765. The van der Waals surface area contributed by atoms with Gasteiger partial charge in [0.2, 0.25) is 0 Å². The second kappa shape index (κ2) is 7.28. The Labute approximate surface area is 160 Å². The van der Waals surface area contributed by atoms with E-state index in [0.29, 0.717) is 6.04 Å². The molecular weight excluding hydrogens is 432 g/mol. The van der Waals surface area contributed by atoms with Crippen molar-refractivity contribution in [3.8, 4) is 11.5 Å². The number of benzene rings is 2. The molecule has 3 rings (SSSR count). The first kappa shape index (κ1) is 17.5. The second-order valence-corrected chi connectivity index (χ2v) is 8.08. The van der Waals surface area contributed by atoms with Gasteiger partial charge in [-0.2, -0.15) is 0 Å². The second-order valence-electron chi connectivity index (χ2n) is 6.25. The van der Waals surface area contributed by atoms with Crippen molar-refractivity contribution in [2.75, 3.05) is 7.05 Å². The Kier molecular flexibility index (Phi) is 5.30. The van der Waals surface area contributed by atoms with Gasteiger partial charge in [-0.25, -0.2) is 4.99 Å². The van der Waals surface area contributed by atoms with E-state index in [9.17, 15) is 0 Å². The third-order valence-electron chi connectivity index (χ3n) is 4.06. The molecule has 1 saturated carbocycles. The maximum absolute atomic E-state index is 6.06. The summed E-state index contributed by atoms with van der Waals surface area (Å²) in [4.78, 5) is 6.83. The van der Waals surface area contributed by atoms with E-state index >= 15 is 0 Å². The van der Waals surface area contributed by atoms with Gasteiger partial charge in [0.05, 0.1) is 12.0 Å². The zero-order chi connectivity index (χ0) is 17.3. The minimum absolute atomic E-state index is 0.674. The van der Waals surface area contributed by atoms with Gasteiger partial charge in [-0.1, -0.05) is 31.9 Å². The minimum Gasteiger partial charge on any atom is -0.457 e. The summed E-state index contributed by atoms with van der Waals surface area (Å²) in [7, 11) is 2.09. The lowest BCUT2D eigenvalue weighted by atomic mass is 10.1. The summed E-state index contributed by atoms with van der Waals surface area (Å²) in [5, 5.41) is 0. The summed E-state index contributed by atoms with van der Waals surface area (Å²) in [5.74, 6) is 1.65. The van der Waals surface area contributed by atoms with E-state index in [4.69, 9.17) is 4.74 Å². The lowest BCUT2D eigenvalue weighted by molar-refractivity contribution is 0.478. The van der Waals surface area contributed by atoms with Gasteiger partial charge in [0.25, 0.3) is 0 Å². The predicted molar refractivity (Wildman–Crippen MR) is 107 cm³/mol. The molecule has 0 saturated heterocycles. The number of aliphatic imine (C=N–C) groups is 1. The summed E-state index contributed by atoms with van der Waals surface area (Å²) in [5.41, 5.74) is 3.16. The highest BCUT2D eigenvalue weighted by molar-refractivity contribution is 9.11. The van der Waals surface area contributed by atoms with Crippen LogP contribution in [-0.2, 0) is 0 Å². The van der Waals surface area contributed by atoms with Gasteiger partial charge in [-0.15, -0.1) is 0 Å². The zero-order valence-corrected chi connectivity index (χ0v) is 17.2. The summed E-state index contributed by atoms with van der Waals surface area (Å²) in [6, 6.07) is 10.7. The fraction of sp³-hybridized carbons (Fsp3) is 0.316. The van der Waals surface area contributed by atoms with E-state index in [0.717, 1.165) is 37.3 Å². The van der Waals surface area contributed by atoms with Crippen LogP contribution in [0.25, 0.3) is 0 Å². The van der Waals surface area contributed by atoms with Crippen LogP contribution < -0.4 is 4.74 Å². The number of hydrogen-bond acceptors (Lipinski definition) is 2. The Morgan fingerprint density at radius 1 is 1.04 bits per heavy atom. The largest absolute Gasteiger partial charge is 0.457 e. The van der Waals surface area contributed by atoms with Crippen LogP contribution in [0, 0.1) is 13.8 Å². The van der Waals surface area contributed by atoms with Crippen molar-refractivity contribution in [2.24, 2.45) is 4.99 Å². The highest BCUT2D eigenvalue weighted by atomic mass is 79.9. The first-order chi connectivity index (χ1) is 11.4. The van der Waals surface area contributed by atoms with Crippen LogP contribution >= 0.6 is 31.9 Å². The number of ether oxygens (including phenoxy) is 1. The molecule has 2 aromatic carbocycles. The van der Waals surface area contributed by atoms with Gasteiger partial charge < -0.3 is 9.64 Å². The van der Waals surface area contributed by atoms with Crippen LogP contribution in [0.1, 0.15) is 24.0 Å². The minimum atomic E-state index is 0.674. The molecular formula is C19H20Br2N2O. The van der Waals surface area contributed by atoms with Crippen LogP contribution in [0.2, 0.25) is 0 Å². The van der Waals surface area contributed by atoms with E-state index in [1.165, 1.54) is 12.8 Å². The molecule has 0 aliphatic heterocycles. The zero-order valence-electron chi connectivity index (χ0n) is 14.0. The molecule has 3 nitrogen and oxygen atoms in total. The quantitative estimate of drug-likeness (QED) is 0.389. The fourth-order valence-electron chi connectivity index (χ4n) is 2.47. The molecule has 1 fully saturated rings. The van der Waals surface area contributed by atoms with Crippen LogP contribution in [0.15, 0.2) is 44.3 Å². The van der Waals surface area contributed by atoms with Gasteiger partial charge in [-0.3, -0.25) is 0 Å². The first-order valence-electron chi connectivity index (χ1n) is 7.93. The number of aryl methyl sites for hydroxylation is 2. The van der Waals surface area contributed by atoms with E-state index in [1.54, 1.807) is 0 Å². The van der Waals surface area contributed by atoms with Crippen molar-refractivity contribution in [1.29, 1.82) is 0 Å². The number of nitrogens with zero attached hydrogens (tertiary/aromatic N) is 2. The van der Waals surface area contributed by atoms with Crippen LogP contribution in [0.3, 0.4) is 0 Å². The molecule has 1 aliphatic rings. The average molecular weight is 452 g/mol. The van der Waals surface area contributed by atoms with Crippen molar-refractivity contribution in [3.63, 3.8) is 0 Å². The molecule has 0 N–H and O–H groups in total. The molecule has 0 unspecified atom stereocenters. The van der Waals surface area contributed by atoms with E-state index in [2.05, 4.69) is 61.8 Å². The third kappa shape index (κ3) is 4.39. The lowest BCUT2D eigenvalue weighted by Gasteiger charge is -2.14. The Hall–Kier alpha value is -1.33. The van der Waals surface area contributed by atoms with Gasteiger partial charge in [-0.05, 0) is 68.1 Å². The smallest absolute Gasteiger partial charge is 0.130 e. The lowest BCUT2D eigenvalue weighted by Crippen LogP contribution is -2.17.